The first-order valence-electron chi connectivity index (χ1n) is 21.0. The van der Waals surface area contributed by atoms with E-state index in [4.69, 9.17) is 9.47 Å². The Morgan fingerprint density at radius 2 is 0.848 bits per heavy atom. The van der Waals surface area contributed by atoms with Gasteiger partial charge in [0.2, 0.25) is 0 Å². The van der Waals surface area contributed by atoms with Crippen molar-refractivity contribution >= 4 is 22.1 Å². The van der Waals surface area contributed by atoms with E-state index in [-0.39, 0.29) is 53.0 Å². The molecule has 0 radical (unpaired) electrons. The fourth-order valence-electron chi connectivity index (χ4n) is 7.40. The molecule has 0 aliphatic carbocycles. The molecule has 0 N–H and O–H groups in total. The predicted octanol–water partition coefficient (Wildman–Crippen LogP) is 10.4. The minimum atomic E-state index is -0.200. The van der Waals surface area contributed by atoms with Crippen LogP contribution in [0.5, 0.6) is 23.0 Å². The number of hydrogen-bond donors (Lipinski definition) is 0. The molecule has 10 nitrogen and oxygen atoms in total. The van der Waals surface area contributed by atoms with Gasteiger partial charge in [-0.2, -0.15) is 35.4 Å². The SMILES string of the molecule is CC(C)(C)c1cc(Oc2[c-]c(-c3[c-]c(Oc4[c-]c(-[n+]5[c-]n(-c6ccccn6)c6ccccc65)cc(C(C)(C)C)c4)ccn3)ncc2)[c-]c(-[n+]2[c-]n(-c3ccccn3)c3ccccc32)c1.[Pt].[Pt]. The Hall–Kier alpha value is -6.60. The third kappa shape index (κ3) is 9.39. The molecule has 0 bridgehead atoms. The fourth-order valence-corrected chi connectivity index (χ4v) is 7.40. The van der Waals surface area contributed by atoms with Crippen LogP contribution in [0.25, 0.3) is 56.5 Å². The molecule has 6 aromatic heterocycles. The van der Waals surface area contributed by atoms with Crippen LogP contribution in [0.2, 0.25) is 0 Å². The number of aromatic nitrogens is 8. The molecule has 12 heteroatoms. The Morgan fingerprint density at radius 3 is 1.24 bits per heavy atom. The van der Waals surface area contributed by atoms with Crippen molar-refractivity contribution in [1.82, 2.24) is 29.1 Å². The van der Waals surface area contributed by atoms with Crippen molar-refractivity contribution in [1.29, 1.82) is 0 Å². The zero-order valence-electron chi connectivity index (χ0n) is 36.9. The fraction of sp³-hybridized carbons (Fsp3) is 0.148. The molecule has 4 aromatic carbocycles. The summed E-state index contributed by atoms with van der Waals surface area (Å²) >= 11 is 0. The van der Waals surface area contributed by atoms with E-state index in [0.29, 0.717) is 34.4 Å². The summed E-state index contributed by atoms with van der Waals surface area (Å²) in [7, 11) is 0. The van der Waals surface area contributed by atoms with E-state index < -0.39 is 0 Å². The molecule has 66 heavy (non-hydrogen) atoms. The average molecular weight is 1230 g/mol. The Balaban J connectivity index is 0.00000296. The molecular weight excluding hydrogens is 1180 g/mol. The number of nitrogens with zero attached hydrogens (tertiary/aromatic N) is 8. The van der Waals surface area contributed by atoms with E-state index >= 15 is 0 Å². The summed E-state index contributed by atoms with van der Waals surface area (Å²) in [5, 5.41) is 0. The maximum absolute atomic E-state index is 6.54. The first kappa shape index (κ1) is 45.9. The summed E-state index contributed by atoms with van der Waals surface area (Å²) in [4.78, 5) is 18.4. The van der Waals surface area contributed by atoms with E-state index in [9.17, 15) is 0 Å². The van der Waals surface area contributed by atoms with Crippen LogP contribution in [0.15, 0.2) is 146 Å². The van der Waals surface area contributed by atoms with Gasteiger partial charge in [-0.15, -0.1) is 47.8 Å². The van der Waals surface area contributed by atoms with Crippen molar-refractivity contribution in [2.45, 2.75) is 52.4 Å². The number of imidazole rings is 2. The van der Waals surface area contributed by atoms with Gasteiger partial charge in [0.1, 0.15) is 0 Å². The van der Waals surface area contributed by atoms with Crippen molar-refractivity contribution in [2.24, 2.45) is 0 Å². The van der Waals surface area contributed by atoms with E-state index in [0.717, 1.165) is 56.2 Å². The number of para-hydroxylation sites is 4. The number of hydrogen-bond acceptors (Lipinski definition) is 6. The van der Waals surface area contributed by atoms with Crippen LogP contribution < -0.4 is 18.6 Å². The number of benzene rings is 4. The number of pyridine rings is 4. The van der Waals surface area contributed by atoms with Gasteiger partial charge in [-0.3, -0.25) is 19.1 Å². The smallest absolute Gasteiger partial charge is 0.269 e. The second-order valence-electron chi connectivity index (χ2n) is 17.4. The van der Waals surface area contributed by atoms with Crippen LogP contribution in [0.1, 0.15) is 52.7 Å². The zero-order chi connectivity index (χ0) is 44.0. The van der Waals surface area contributed by atoms with Crippen LogP contribution in [0.3, 0.4) is 0 Å². The van der Waals surface area contributed by atoms with Gasteiger partial charge in [0.15, 0.2) is 11.6 Å². The minimum absolute atomic E-state index is 0. The van der Waals surface area contributed by atoms with Gasteiger partial charge in [-0.1, -0.05) is 102 Å². The Kier molecular flexibility index (Phi) is 13.0. The topological polar surface area (TPSA) is 87.6 Å². The third-order valence-electron chi connectivity index (χ3n) is 10.8. The van der Waals surface area contributed by atoms with Crippen molar-refractivity contribution in [3.8, 4) is 57.4 Å². The maximum atomic E-state index is 6.54. The van der Waals surface area contributed by atoms with Crippen molar-refractivity contribution in [2.75, 3.05) is 0 Å². The molecule has 0 spiro atoms. The summed E-state index contributed by atoms with van der Waals surface area (Å²) in [6.07, 6.45) is 13.9. The first-order chi connectivity index (χ1) is 30.9. The summed E-state index contributed by atoms with van der Waals surface area (Å²) in [5.74, 6) is 3.45. The monoisotopic (exact) mass is 1220 g/mol. The molecular formula is C54H42N8O2Pt2-4. The molecule has 10 rings (SSSR count). The number of rotatable bonds is 9. The van der Waals surface area contributed by atoms with Gasteiger partial charge in [-0.25, -0.2) is 0 Å². The molecule has 0 atom stereocenters. The van der Waals surface area contributed by atoms with Crippen molar-refractivity contribution < 1.29 is 60.7 Å². The predicted molar refractivity (Wildman–Crippen MR) is 243 cm³/mol. The van der Waals surface area contributed by atoms with Gasteiger partial charge in [0.05, 0.1) is 22.1 Å². The summed E-state index contributed by atoms with van der Waals surface area (Å²) in [6, 6.07) is 53.4. The van der Waals surface area contributed by atoms with Gasteiger partial charge >= 0.3 is 0 Å². The molecule has 0 saturated heterocycles. The average Bonchev–Trinajstić information content (AvgIpc) is 3.89. The molecule has 0 amide bonds. The normalized spacial score (nSPS) is 11.5. The Morgan fingerprint density at radius 1 is 0.439 bits per heavy atom. The Bertz CT molecular complexity index is 3100. The van der Waals surface area contributed by atoms with Gasteiger partial charge in [0, 0.05) is 77.5 Å². The summed E-state index contributed by atoms with van der Waals surface area (Å²) in [5.41, 5.74) is 7.97. The van der Waals surface area contributed by atoms with Crippen molar-refractivity contribution in [3.63, 3.8) is 0 Å². The van der Waals surface area contributed by atoms with Crippen molar-refractivity contribution in [3.05, 3.63) is 194 Å². The van der Waals surface area contributed by atoms with Crippen LogP contribution in [-0.2, 0) is 53.0 Å². The molecule has 0 saturated carbocycles. The largest absolute Gasteiger partial charge is 0.511 e. The molecule has 6 heterocycles. The standard InChI is InChI=1S/C54H42N8O2.2Pt/c1-53(2,3)37-27-39(59-35-61(51-19-11-13-23-57-51)49-17-9-7-15-47(49)59)31-43(29-37)63-41-21-25-55-45(33-41)46-34-42(22-26-56-46)64-44-30-38(54(4,5)6)28-40(32-44)60-36-62(52-20-12-14-24-58-52)50-18-10-8-16-48(50)60;;/h7-30H,1-6H3;;/q-4;;. The third-order valence-corrected chi connectivity index (χ3v) is 10.8. The van der Waals surface area contributed by atoms with Gasteiger partial charge in [-0.05, 0) is 58.9 Å². The van der Waals surface area contributed by atoms with Crippen LogP contribution in [0.4, 0.5) is 0 Å². The van der Waals surface area contributed by atoms with E-state index in [1.54, 1.807) is 36.9 Å². The first-order valence-corrected chi connectivity index (χ1v) is 21.0. The zero-order valence-corrected chi connectivity index (χ0v) is 41.4. The van der Waals surface area contributed by atoms with E-state index in [1.807, 2.05) is 91.1 Å². The maximum Gasteiger partial charge on any atom is 0.269 e. The van der Waals surface area contributed by atoms with Crippen LogP contribution in [-0.4, -0.2) is 29.1 Å². The minimum Gasteiger partial charge on any atom is -0.511 e. The molecule has 334 valence electrons. The molecule has 0 aliphatic heterocycles. The number of ether oxygens (including phenoxy) is 2. The second kappa shape index (κ2) is 18.7. The number of fused-ring (bicyclic) bond motifs is 2. The van der Waals surface area contributed by atoms with E-state index in [2.05, 4.69) is 135 Å². The van der Waals surface area contributed by atoms with Gasteiger partial charge in [0.25, 0.3) is 12.7 Å². The van der Waals surface area contributed by atoms with E-state index in [1.165, 1.54) is 0 Å². The molecule has 0 aliphatic rings. The molecule has 0 fully saturated rings. The molecule has 0 unspecified atom stereocenters. The summed E-state index contributed by atoms with van der Waals surface area (Å²) in [6.45, 7) is 13.0. The van der Waals surface area contributed by atoms with Crippen LogP contribution in [0, 0.1) is 36.9 Å². The molecule has 10 aromatic rings. The van der Waals surface area contributed by atoms with Crippen LogP contribution >= 0.6 is 0 Å². The quantitative estimate of drug-likeness (QED) is 0.106. The second-order valence-corrected chi connectivity index (χ2v) is 17.4. The van der Waals surface area contributed by atoms with Gasteiger partial charge < -0.3 is 28.6 Å². The Labute approximate surface area is 413 Å². The summed E-state index contributed by atoms with van der Waals surface area (Å²) < 4.78 is 21.0.